The van der Waals surface area contributed by atoms with Crippen LogP contribution in [0.25, 0.3) is 0 Å². The van der Waals surface area contributed by atoms with Crippen LogP contribution in [-0.4, -0.2) is 24.8 Å². The predicted octanol–water partition coefficient (Wildman–Crippen LogP) is 2.57. The molecule has 0 saturated heterocycles. The number of ether oxygens (including phenoxy) is 1. The van der Waals surface area contributed by atoms with Crippen molar-refractivity contribution in [3.05, 3.63) is 33.8 Å². The van der Waals surface area contributed by atoms with Crippen LogP contribution >= 0.6 is 15.9 Å². The molecule has 19 heavy (non-hydrogen) atoms. The average molecular weight is 338 g/mol. The van der Waals surface area contributed by atoms with Gasteiger partial charge in [-0.25, -0.2) is 4.79 Å². The Morgan fingerprint density at radius 2 is 2.21 bits per heavy atom. The molecule has 0 aliphatic carbocycles. The number of halogens is 4. The summed E-state index contributed by atoms with van der Waals surface area (Å²) < 4.78 is 41.2. The summed E-state index contributed by atoms with van der Waals surface area (Å²) in [4.78, 5) is 10.6. The number of benzene rings is 1. The van der Waals surface area contributed by atoms with Crippen molar-refractivity contribution in [2.24, 2.45) is 0 Å². The van der Waals surface area contributed by atoms with Crippen LogP contribution in [0.15, 0.2) is 22.7 Å². The molecule has 1 atom stereocenters. The molecule has 1 aliphatic heterocycles. The van der Waals surface area contributed by atoms with Gasteiger partial charge in [0.05, 0.1) is 0 Å². The number of carbonyl (C=O) groups excluding carboxylic acids is 1. The van der Waals surface area contributed by atoms with Crippen LogP contribution in [0.3, 0.4) is 0 Å². The van der Waals surface area contributed by atoms with Crippen LogP contribution in [0.1, 0.15) is 11.1 Å². The molecule has 1 heterocycles. The van der Waals surface area contributed by atoms with E-state index in [1.165, 1.54) is 0 Å². The van der Waals surface area contributed by atoms with Crippen molar-refractivity contribution < 1.29 is 22.7 Å². The number of rotatable bonds is 2. The topological polar surface area (TPSA) is 38.3 Å². The summed E-state index contributed by atoms with van der Waals surface area (Å²) in [5.41, 5.74) is 2.13. The molecule has 0 saturated carbocycles. The van der Waals surface area contributed by atoms with Crippen LogP contribution in [0, 0.1) is 0 Å². The fraction of sp³-hybridized carbons (Fsp3) is 0.417. The van der Waals surface area contributed by atoms with Crippen molar-refractivity contribution in [3.63, 3.8) is 0 Å². The summed E-state index contributed by atoms with van der Waals surface area (Å²) in [6, 6.07) is 5.42. The lowest BCUT2D eigenvalue weighted by Gasteiger charge is -2.26. The van der Waals surface area contributed by atoms with Crippen molar-refractivity contribution in [3.8, 4) is 0 Å². The zero-order valence-electron chi connectivity index (χ0n) is 9.76. The normalized spacial score (nSPS) is 18.8. The second-order valence-corrected chi connectivity index (χ2v) is 5.11. The first-order chi connectivity index (χ1) is 8.88. The van der Waals surface area contributed by atoms with E-state index < -0.39 is 12.1 Å². The minimum Gasteiger partial charge on any atom is -0.457 e. The molecule has 1 N–H and O–H groups in total. The van der Waals surface area contributed by atoms with E-state index in [1.807, 2.05) is 18.2 Å². The molecule has 0 aromatic heterocycles. The third-order valence-electron chi connectivity index (χ3n) is 2.89. The van der Waals surface area contributed by atoms with Crippen molar-refractivity contribution in [1.29, 1.82) is 0 Å². The summed E-state index contributed by atoms with van der Waals surface area (Å²) in [5, 5.41) is 3.04. The highest BCUT2D eigenvalue weighted by molar-refractivity contribution is 9.10. The molecule has 0 radical (unpaired) electrons. The molecular weight excluding hydrogens is 327 g/mol. The summed E-state index contributed by atoms with van der Waals surface area (Å²) in [5.74, 6) is -2.15. The number of fused-ring (bicyclic) bond motifs is 1. The van der Waals surface area contributed by atoms with E-state index >= 15 is 0 Å². The summed E-state index contributed by atoms with van der Waals surface area (Å²) in [7, 11) is 0. The van der Waals surface area contributed by atoms with Gasteiger partial charge in [0.1, 0.15) is 6.61 Å². The smallest absolute Gasteiger partial charge is 0.457 e. The SMILES string of the molecule is O=C(OC[C@H]1Cc2c(Br)cccc2CN1)C(F)(F)F. The van der Waals surface area contributed by atoms with Gasteiger partial charge in [0, 0.05) is 17.1 Å². The Hall–Kier alpha value is -1.08. The summed E-state index contributed by atoms with van der Waals surface area (Å²) in [6.07, 6.45) is -4.42. The van der Waals surface area contributed by atoms with Gasteiger partial charge < -0.3 is 10.1 Å². The van der Waals surface area contributed by atoms with Gasteiger partial charge in [0.15, 0.2) is 0 Å². The lowest BCUT2D eigenvalue weighted by Crippen LogP contribution is -2.41. The molecule has 0 amide bonds. The van der Waals surface area contributed by atoms with Crippen LogP contribution in [-0.2, 0) is 22.5 Å². The first-order valence-electron chi connectivity index (χ1n) is 5.61. The van der Waals surface area contributed by atoms with Gasteiger partial charge in [0.25, 0.3) is 0 Å². The molecule has 0 spiro atoms. The monoisotopic (exact) mass is 337 g/mol. The molecule has 104 valence electrons. The maximum absolute atomic E-state index is 12.0. The Balaban J connectivity index is 1.96. The minimum absolute atomic E-state index is 0.293. The zero-order chi connectivity index (χ0) is 14.0. The molecule has 1 aromatic carbocycles. The third-order valence-corrected chi connectivity index (χ3v) is 3.64. The number of hydrogen-bond acceptors (Lipinski definition) is 3. The number of nitrogens with one attached hydrogen (secondary N) is 1. The Morgan fingerprint density at radius 1 is 1.47 bits per heavy atom. The van der Waals surface area contributed by atoms with E-state index in [-0.39, 0.29) is 12.6 Å². The number of hydrogen-bond donors (Lipinski definition) is 1. The molecule has 2 rings (SSSR count). The Kier molecular flexibility index (Phi) is 4.15. The number of alkyl halides is 3. The molecule has 0 unspecified atom stereocenters. The van der Waals surface area contributed by atoms with Gasteiger partial charge in [-0.2, -0.15) is 13.2 Å². The van der Waals surface area contributed by atoms with E-state index in [9.17, 15) is 18.0 Å². The fourth-order valence-electron chi connectivity index (χ4n) is 1.95. The van der Waals surface area contributed by atoms with E-state index in [0.717, 1.165) is 15.6 Å². The zero-order valence-corrected chi connectivity index (χ0v) is 11.3. The van der Waals surface area contributed by atoms with Crippen LogP contribution in [0.5, 0.6) is 0 Å². The largest absolute Gasteiger partial charge is 0.490 e. The first-order valence-corrected chi connectivity index (χ1v) is 6.41. The van der Waals surface area contributed by atoms with Crippen molar-refractivity contribution in [2.45, 2.75) is 25.2 Å². The maximum Gasteiger partial charge on any atom is 0.490 e. The van der Waals surface area contributed by atoms with Crippen LogP contribution < -0.4 is 5.32 Å². The Labute approximate surface area is 116 Å². The van der Waals surface area contributed by atoms with Crippen molar-refractivity contribution in [1.82, 2.24) is 5.32 Å². The minimum atomic E-state index is -4.94. The van der Waals surface area contributed by atoms with Gasteiger partial charge >= 0.3 is 12.1 Å². The fourth-order valence-corrected chi connectivity index (χ4v) is 2.52. The van der Waals surface area contributed by atoms with E-state index in [0.29, 0.717) is 13.0 Å². The van der Waals surface area contributed by atoms with Crippen molar-refractivity contribution in [2.75, 3.05) is 6.61 Å². The quantitative estimate of drug-likeness (QED) is 0.843. The third kappa shape index (κ3) is 3.48. The molecule has 0 bridgehead atoms. The predicted molar refractivity (Wildman–Crippen MR) is 65.5 cm³/mol. The Bertz CT molecular complexity index is 490. The summed E-state index contributed by atoms with van der Waals surface area (Å²) in [6.45, 7) is 0.252. The highest BCUT2D eigenvalue weighted by Crippen LogP contribution is 2.25. The van der Waals surface area contributed by atoms with Gasteiger partial charge in [-0.3, -0.25) is 0 Å². The molecule has 1 aromatic rings. The lowest BCUT2D eigenvalue weighted by atomic mass is 9.96. The molecule has 0 fully saturated rings. The molecule has 3 nitrogen and oxygen atoms in total. The van der Waals surface area contributed by atoms with Crippen LogP contribution in [0.4, 0.5) is 13.2 Å². The Morgan fingerprint density at radius 3 is 2.89 bits per heavy atom. The van der Waals surface area contributed by atoms with Crippen molar-refractivity contribution >= 4 is 21.9 Å². The van der Waals surface area contributed by atoms with E-state index in [1.54, 1.807) is 0 Å². The average Bonchev–Trinajstić information content (AvgIpc) is 2.35. The maximum atomic E-state index is 12.0. The lowest BCUT2D eigenvalue weighted by molar-refractivity contribution is -0.200. The van der Waals surface area contributed by atoms with Gasteiger partial charge in [-0.05, 0) is 23.6 Å². The summed E-state index contributed by atoms with van der Waals surface area (Å²) >= 11 is 3.41. The highest BCUT2D eigenvalue weighted by Gasteiger charge is 2.41. The molecule has 1 aliphatic rings. The van der Waals surface area contributed by atoms with E-state index in [4.69, 9.17) is 0 Å². The number of esters is 1. The number of carbonyl (C=O) groups is 1. The van der Waals surface area contributed by atoms with E-state index in [2.05, 4.69) is 26.0 Å². The van der Waals surface area contributed by atoms with Gasteiger partial charge in [-0.1, -0.05) is 28.1 Å². The first kappa shape index (κ1) is 14.3. The highest BCUT2D eigenvalue weighted by atomic mass is 79.9. The standard InChI is InChI=1S/C12H11BrF3NO2/c13-10-3-1-2-7-5-17-8(4-9(7)10)6-19-11(18)12(14,15)16/h1-3,8,17H,4-6H2/t8-/m1/s1. The van der Waals surface area contributed by atoms with Gasteiger partial charge in [-0.15, -0.1) is 0 Å². The van der Waals surface area contributed by atoms with Gasteiger partial charge in [0.2, 0.25) is 0 Å². The molecular formula is C12H11BrF3NO2. The van der Waals surface area contributed by atoms with Crippen LogP contribution in [0.2, 0.25) is 0 Å². The molecule has 7 heteroatoms. The second kappa shape index (κ2) is 5.50. The second-order valence-electron chi connectivity index (χ2n) is 4.26.